The number of hydrogen-bond acceptors (Lipinski definition) is 14. The summed E-state index contributed by atoms with van der Waals surface area (Å²) in [5.41, 5.74) is 16.0. The molecule has 4 aromatic carbocycles. The lowest BCUT2D eigenvalue weighted by molar-refractivity contribution is -0.275. The molecule has 7 rings (SSSR count). The molecule has 0 saturated carbocycles. The molecule has 26 heteroatoms. The number of thiazole rings is 1. The number of ketones is 2. The van der Waals surface area contributed by atoms with Gasteiger partial charge < -0.3 is 51.2 Å². The van der Waals surface area contributed by atoms with Gasteiger partial charge in [0.2, 0.25) is 5.78 Å². The highest BCUT2D eigenvalue weighted by Crippen LogP contribution is 2.32. The summed E-state index contributed by atoms with van der Waals surface area (Å²) in [6, 6.07) is 26.0. The van der Waals surface area contributed by atoms with Crippen molar-refractivity contribution >= 4 is 134 Å². The van der Waals surface area contributed by atoms with E-state index in [1.165, 1.54) is 41.7 Å². The molecule has 5 aromatic rings. The van der Waals surface area contributed by atoms with Crippen LogP contribution in [0.2, 0.25) is 0 Å². The summed E-state index contributed by atoms with van der Waals surface area (Å²) in [4.78, 5) is 41.8. The van der Waals surface area contributed by atoms with Gasteiger partial charge in [-0.05, 0) is 105 Å². The van der Waals surface area contributed by atoms with Gasteiger partial charge in [0.05, 0.1) is 5.33 Å². The van der Waals surface area contributed by atoms with Gasteiger partial charge in [0, 0.05) is 86.2 Å². The van der Waals surface area contributed by atoms with Gasteiger partial charge in [0.1, 0.15) is 22.2 Å². The predicted octanol–water partition coefficient (Wildman–Crippen LogP) is 10.4. The fraction of sp³-hybridized carbons (Fsp3) is 0.326. The number of halogens is 8. The second-order valence-corrected chi connectivity index (χ2v) is 18.6. The number of rotatable bonds is 12. The number of nitrogen functional groups attached to an aromatic ring is 1. The fourth-order valence-corrected chi connectivity index (χ4v) is 8.57. The summed E-state index contributed by atoms with van der Waals surface area (Å²) in [5, 5.41) is 7.57. The van der Waals surface area contributed by atoms with E-state index in [1.807, 2.05) is 43.3 Å². The monoisotopic (exact) mass is 1210 g/mol. The Morgan fingerprint density at radius 1 is 0.778 bits per heavy atom. The molecule has 2 aliphatic rings. The largest absolute Gasteiger partial charge is 0.573 e. The number of likely N-dealkylation sites (N-methyl/N-ethyl adjacent to an activating group) is 2. The average Bonchev–Trinajstić information content (AvgIpc) is 3.68. The molecule has 2 aliphatic heterocycles. The van der Waals surface area contributed by atoms with E-state index in [-0.39, 0.29) is 59.8 Å². The number of thiocarbonyl (C=S) groups is 1. The molecule has 1 aromatic heterocycles. The normalized spacial score (nSPS) is 14.2. The molecule has 1 atom stereocenters. The van der Waals surface area contributed by atoms with E-state index in [0.717, 1.165) is 111 Å². The van der Waals surface area contributed by atoms with Gasteiger partial charge in [-0.15, -0.1) is 43.3 Å². The number of Topliss-reactive ketones (excluding diaryl/α,β-unsaturated/α-hetero) is 1. The van der Waals surface area contributed by atoms with Crippen LogP contribution in [0.4, 0.5) is 60.0 Å². The number of carbonyl (C=O) groups is 2. The molecule has 72 heavy (non-hydrogen) atoms. The van der Waals surface area contributed by atoms with Crippen LogP contribution in [-0.2, 0) is 0 Å². The molecule has 14 nitrogen and oxygen atoms in total. The topological polar surface area (TPSA) is 167 Å². The first-order valence-electron chi connectivity index (χ1n) is 21.4. The zero-order valence-electron chi connectivity index (χ0n) is 39.3. The number of thioether (sulfide) groups is 1. The number of nitrogens with zero attached hydrogens (tertiary/aromatic N) is 6. The molecule has 2 fully saturated rings. The number of aromatic nitrogens is 1. The highest BCUT2D eigenvalue weighted by atomic mass is 79.9. The zero-order chi connectivity index (χ0) is 51.0. The number of amidine groups is 1. The minimum absolute atomic E-state index is 0. The van der Waals surface area contributed by atoms with Crippen LogP contribution in [0.3, 0.4) is 0 Å². The van der Waals surface area contributed by atoms with Crippen LogP contribution in [0.1, 0.15) is 32.5 Å². The summed E-state index contributed by atoms with van der Waals surface area (Å²) in [6.45, 7) is 10.3. The van der Waals surface area contributed by atoms with E-state index in [2.05, 4.69) is 91.8 Å². The van der Waals surface area contributed by atoms with Crippen LogP contribution in [0.25, 0.3) is 0 Å². The molecular weight excluding hydrogens is 1160 g/mol. The molecule has 3 heterocycles. The number of nitrogens with one attached hydrogen (secondary N) is 2. The van der Waals surface area contributed by atoms with Gasteiger partial charge >= 0.3 is 12.7 Å². The van der Waals surface area contributed by atoms with Gasteiger partial charge in [-0.2, -0.15) is 14.9 Å². The van der Waals surface area contributed by atoms with Crippen molar-refractivity contribution in [2.45, 2.75) is 19.6 Å². The first kappa shape index (κ1) is 61.5. The van der Waals surface area contributed by atoms with Crippen molar-refractivity contribution in [3.8, 4) is 11.5 Å². The molecule has 2 saturated heterocycles. The maximum Gasteiger partial charge on any atom is 0.573 e. The van der Waals surface area contributed by atoms with E-state index < -0.39 is 30.0 Å². The third-order valence-electron chi connectivity index (χ3n) is 10.2. The minimum atomic E-state index is -4.85. The second-order valence-electron chi connectivity index (χ2n) is 15.4. The number of piperazine rings is 2. The molecule has 0 aliphatic carbocycles. The number of aliphatic imine (C=N–C) groups is 1. The van der Waals surface area contributed by atoms with E-state index in [1.54, 1.807) is 0 Å². The fourth-order valence-electron chi connectivity index (χ4n) is 6.65. The molecule has 1 unspecified atom stereocenters. The molecular formula is C46H55Br2F6N10O4PS3. The van der Waals surface area contributed by atoms with E-state index >= 15 is 0 Å². The Kier molecular flexibility index (Phi) is 25.0. The van der Waals surface area contributed by atoms with Crippen molar-refractivity contribution in [1.29, 1.82) is 0 Å². The van der Waals surface area contributed by atoms with Gasteiger partial charge in [0.25, 0.3) is 0 Å². The predicted molar refractivity (Wildman–Crippen MR) is 297 cm³/mol. The van der Waals surface area contributed by atoms with Crippen molar-refractivity contribution in [3.05, 3.63) is 113 Å². The third kappa shape index (κ3) is 20.6. The average molecular weight is 1210 g/mol. The number of ether oxygens (including phenoxy) is 2. The Hall–Kier alpha value is -4.75. The van der Waals surface area contributed by atoms with Crippen molar-refractivity contribution in [2.24, 2.45) is 10.7 Å². The number of anilines is 6. The first-order chi connectivity index (χ1) is 33.2. The molecule has 0 amide bonds. The lowest BCUT2D eigenvalue weighted by Gasteiger charge is -2.34. The highest BCUT2D eigenvalue weighted by molar-refractivity contribution is 9.09. The van der Waals surface area contributed by atoms with E-state index in [9.17, 15) is 35.9 Å². The Bertz CT molecular complexity index is 2550. The van der Waals surface area contributed by atoms with Crippen LogP contribution >= 0.6 is 78.1 Å². The van der Waals surface area contributed by atoms with Gasteiger partial charge in [-0.1, -0.05) is 70.2 Å². The molecule has 0 radical (unpaired) electrons. The summed E-state index contributed by atoms with van der Waals surface area (Å²) < 4.78 is 80.5. The van der Waals surface area contributed by atoms with Crippen LogP contribution in [0.5, 0.6) is 11.5 Å². The Morgan fingerprint density at radius 2 is 1.24 bits per heavy atom. The third-order valence-corrected chi connectivity index (χ3v) is 12.5. The summed E-state index contributed by atoms with van der Waals surface area (Å²) >= 11 is 10.6. The molecule has 0 spiro atoms. The zero-order valence-corrected chi connectivity index (χ0v) is 46.4. The lowest BCUT2D eigenvalue weighted by atomic mass is 10.1. The quantitative estimate of drug-likeness (QED) is 0.0177. The maximum absolute atomic E-state index is 12.8. The van der Waals surface area contributed by atoms with Crippen LogP contribution in [0, 0.1) is 0 Å². The molecule has 0 bridgehead atoms. The minimum Gasteiger partial charge on any atom is -0.406 e. The summed E-state index contributed by atoms with van der Waals surface area (Å²) in [6.07, 6.45) is -9.59. The highest BCUT2D eigenvalue weighted by Gasteiger charge is 2.32. The lowest BCUT2D eigenvalue weighted by Crippen LogP contribution is -2.44. The van der Waals surface area contributed by atoms with E-state index in [4.69, 9.17) is 23.7 Å². The van der Waals surface area contributed by atoms with Gasteiger partial charge in [0.15, 0.2) is 21.2 Å². The first-order valence-corrected chi connectivity index (χ1v) is 24.8. The van der Waals surface area contributed by atoms with Crippen LogP contribution < -0.4 is 41.4 Å². The number of alkyl halides is 7. The molecule has 392 valence electrons. The Morgan fingerprint density at radius 3 is 1.69 bits per heavy atom. The van der Waals surface area contributed by atoms with Crippen molar-refractivity contribution < 1.29 is 45.4 Å². The van der Waals surface area contributed by atoms with Crippen LogP contribution in [-0.4, -0.2) is 127 Å². The Labute approximate surface area is 449 Å². The van der Waals surface area contributed by atoms with Crippen LogP contribution in [0.15, 0.2) is 102 Å². The van der Waals surface area contributed by atoms with Crippen molar-refractivity contribution in [3.63, 3.8) is 0 Å². The number of hydrogen-bond donors (Lipinski definition) is 4. The number of benzene rings is 4. The van der Waals surface area contributed by atoms with Gasteiger partial charge in [-0.25, -0.2) is 4.98 Å². The Balaban J connectivity index is 0.000000305. The smallest absolute Gasteiger partial charge is 0.406 e. The maximum atomic E-state index is 12.8. The summed E-state index contributed by atoms with van der Waals surface area (Å²) in [7, 11) is 4.27. The number of nitrogens with two attached hydrogens (primary N) is 2. The van der Waals surface area contributed by atoms with Crippen molar-refractivity contribution in [2.75, 3.05) is 104 Å². The number of carbonyl (C=O) groups excluding carboxylic acids is 2. The molecule has 6 N–H and O–H groups in total. The van der Waals surface area contributed by atoms with E-state index in [0.29, 0.717) is 15.4 Å². The standard InChI is InChI=1S/C22H22F3N5O2S.C15H23N5S2.C9H6BrF3O2.BrH.H3P/c1-29-9-11-30(12-10-29)16-7-5-15(6-8-16)27-21-28-20(26)19(33-21)18(31)14-3-2-4-17(13-14)32-22(23,24)25;1-3-22-14(16)18-15(21)17-12-4-6-13(7-5-12)20-10-8-19(2)9-11-20;10-5-8(14)6-2-1-3-7(4-6)15-9(11,12)13;;/h2-8,13H,9-12,26H2,1H3,(H,27,28);4-7H,3,8-11H2,1-2H3,(H3,16,17,18,21);1-4H,5H2;1H;1H3. The SMILES string of the molecule is Br.CCSC(N)=NC(=S)Nc1ccc(N2CCN(C)CC2)cc1.CN1CCN(c2ccc(Nc3nc(N)c(C(=O)c4cccc(OC(F)(F)F)c4)s3)cc2)CC1.O=C(CBr)c1cccc(OC(F)(F)F)c1.P. The summed E-state index contributed by atoms with van der Waals surface area (Å²) in [5.74, 6) is -0.815. The van der Waals surface area contributed by atoms with Gasteiger partial charge in [-0.3, -0.25) is 9.59 Å². The second kappa shape index (κ2) is 29.2. The van der Waals surface area contributed by atoms with Crippen molar-refractivity contribution in [1.82, 2.24) is 14.8 Å².